The minimum atomic E-state index is -3.76. The standard InChI is InChI=1S/C25H35N3O5S/c1-5-23(25(30)26-6-2)27(18-17-20-11-9-8-10-12-20)24(29)19-28(34(4,31)32)21-13-15-22(16-14-21)33-7-3/h8-16,23H,5-7,17-19H2,1-4H3,(H,26,30)/t23-/m1/s1. The summed E-state index contributed by atoms with van der Waals surface area (Å²) in [6, 6.07) is 15.5. The summed E-state index contributed by atoms with van der Waals surface area (Å²) in [6.45, 7) is 6.33. The SMILES string of the molecule is CCNC(=O)[C@@H](CC)N(CCc1ccccc1)C(=O)CN(c1ccc(OCC)cc1)S(C)(=O)=O. The van der Waals surface area contributed by atoms with Crippen LogP contribution in [0.2, 0.25) is 0 Å². The molecule has 186 valence electrons. The number of carbonyl (C=O) groups excluding carboxylic acids is 2. The minimum Gasteiger partial charge on any atom is -0.494 e. The van der Waals surface area contributed by atoms with Crippen molar-refractivity contribution in [2.45, 2.75) is 39.7 Å². The molecule has 0 bridgehead atoms. The van der Waals surface area contributed by atoms with Crippen LogP contribution in [0, 0.1) is 0 Å². The largest absolute Gasteiger partial charge is 0.494 e. The maximum atomic E-state index is 13.5. The molecule has 0 aliphatic rings. The number of likely N-dealkylation sites (N-methyl/N-ethyl adjacent to an activating group) is 1. The van der Waals surface area contributed by atoms with Crippen molar-refractivity contribution in [2.75, 3.05) is 36.8 Å². The van der Waals surface area contributed by atoms with E-state index in [1.807, 2.05) is 51.1 Å². The van der Waals surface area contributed by atoms with Crippen molar-refractivity contribution in [1.82, 2.24) is 10.2 Å². The molecular formula is C25H35N3O5S. The number of nitrogens with zero attached hydrogens (tertiary/aromatic N) is 2. The zero-order valence-electron chi connectivity index (χ0n) is 20.4. The van der Waals surface area contributed by atoms with Crippen LogP contribution in [-0.4, -0.2) is 63.7 Å². The third kappa shape index (κ3) is 7.76. The normalized spacial score (nSPS) is 12.0. The second kappa shape index (κ2) is 13.0. The average Bonchev–Trinajstić information content (AvgIpc) is 2.81. The summed E-state index contributed by atoms with van der Waals surface area (Å²) in [5, 5.41) is 2.78. The van der Waals surface area contributed by atoms with Gasteiger partial charge >= 0.3 is 0 Å². The third-order valence-electron chi connectivity index (χ3n) is 5.34. The first-order valence-electron chi connectivity index (χ1n) is 11.5. The van der Waals surface area contributed by atoms with Crippen molar-refractivity contribution < 1.29 is 22.7 Å². The molecule has 8 nitrogen and oxygen atoms in total. The van der Waals surface area contributed by atoms with E-state index in [2.05, 4.69) is 5.32 Å². The minimum absolute atomic E-state index is 0.251. The van der Waals surface area contributed by atoms with Crippen LogP contribution in [0.15, 0.2) is 54.6 Å². The van der Waals surface area contributed by atoms with Gasteiger partial charge < -0.3 is 15.0 Å². The van der Waals surface area contributed by atoms with Crippen molar-refractivity contribution in [3.8, 4) is 5.75 Å². The van der Waals surface area contributed by atoms with E-state index in [1.54, 1.807) is 24.3 Å². The van der Waals surface area contributed by atoms with Crippen LogP contribution in [0.4, 0.5) is 5.69 Å². The highest BCUT2D eigenvalue weighted by molar-refractivity contribution is 7.92. The molecule has 2 aromatic carbocycles. The number of sulfonamides is 1. The van der Waals surface area contributed by atoms with Gasteiger partial charge in [-0.25, -0.2) is 8.42 Å². The molecule has 9 heteroatoms. The monoisotopic (exact) mass is 489 g/mol. The first kappa shape index (κ1) is 27.2. The Balaban J connectivity index is 2.32. The Bertz CT molecular complexity index is 1030. The van der Waals surface area contributed by atoms with E-state index in [1.165, 1.54) is 4.90 Å². The lowest BCUT2D eigenvalue weighted by Gasteiger charge is -2.32. The van der Waals surface area contributed by atoms with Gasteiger partial charge in [0.2, 0.25) is 21.8 Å². The second-order valence-corrected chi connectivity index (χ2v) is 9.74. The molecule has 1 atom stereocenters. The fourth-order valence-corrected chi connectivity index (χ4v) is 4.53. The molecule has 0 heterocycles. The lowest BCUT2D eigenvalue weighted by molar-refractivity contribution is -0.139. The van der Waals surface area contributed by atoms with Gasteiger partial charge in [0.15, 0.2) is 0 Å². The van der Waals surface area contributed by atoms with Crippen LogP contribution in [0.5, 0.6) is 5.75 Å². The Morgan fingerprint density at radius 1 is 1.00 bits per heavy atom. The fraction of sp³-hybridized carbons (Fsp3) is 0.440. The van der Waals surface area contributed by atoms with Gasteiger partial charge in [-0.15, -0.1) is 0 Å². The Hall–Kier alpha value is -3.07. The zero-order chi connectivity index (χ0) is 25.1. The highest BCUT2D eigenvalue weighted by Gasteiger charge is 2.31. The van der Waals surface area contributed by atoms with Crippen LogP contribution in [-0.2, 0) is 26.0 Å². The maximum absolute atomic E-state index is 13.5. The first-order valence-corrected chi connectivity index (χ1v) is 13.4. The Labute approximate surface area is 202 Å². The van der Waals surface area contributed by atoms with Crippen LogP contribution >= 0.6 is 0 Å². The van der Waals surface area contributed by atoms with Gasteiger partial charge in [0.1, 0.15) is 18.3 Å². The molecular weight excluding hydrogens is 454 g/mol. The highest BCUT2D eigenvalue weighted by Crippen LogP contribution is 2.22. The molecule has 0 aromatic heterocycles. The number of amides is 2. The Morgan fingerprint density at radius 2 is 1.65 bits per heavy atom. The summed E-state index contributed by atoms with van der Waals surface area (Å²) in [6.07, 6.45) is 2.02. The van der Waals surface area contributed by atoms with Gasteiger partial charge in [-0.05, 0) is 56.5 Å². The lowest BCUT2D eigenvalue weighted by atomic mass is 10.1. The topological polar surface area (TPSA) is 96.0 Å². The molecule has 0 unspecified atom stereocenters. The van der Waals surface area contributed by atoms with Crippen molar-refractivity contribution in [2.24, 2.45) is 0 Å². The smallest absolute Gasteiger partial charge is 0.244 e. The van der Waals surface area contributed by atoms with Crippen molar-refractivity contribution in [3.63, 3.8) is 0 Å². The summed E-state index contributed by atoms with van der Waals surface area (Å²) in [4.78, 5) is 27.7. The molecule has 2 aromatic rings. The number of anilines is 1. The summed E-state index contributed by atoms with van der Waals surface area (Å²) in [5.41, 5.74) is 1.38. The van der Waals surface area contributed by atoms with Crippen LogP contribution in [0.25, 0.3) is 0 Å². The number of rotatable bonds is 13. The molecule has 0 saturated carbocycles. The van der Waals surface area contributed by atoms with Gasteiger partial charge in [0.25, 0.3) is 0 Å². The molecule has 0 spiro atoms. The van der Waals surface area contributed by atoms with E-state index in [9.17, 15) is 18.0 Å². The van der Waals surface area contributed by atoms with E-state index in [0.29, 0.717) is 44.0 Å². The second-order valence-electron chi connectivity index (χ2n) is 7.84. The van der Waals surface area contributed by atoms with Crippen LogP contribution in [0.3, 0.4) is 0 Å². The Morgan fingerprint density at radius 3 is 2.18 bits per heavy atom. The Kier molecular flexibility index (Phi) is 10.4. The summed E-state index contributed by atoms with van der Waals surface area (Å²) >= 11 is 0. The summed E-state index contributed by atoms with van der Waals surface area (Å²) in [5.74, 6) is -0.0791. The quantitative estimate of drug-likeness (QED) is 0.467. The summed E-state index contributed by atoms with van der Waals surface area (Å²) < 4.78 is 31.7. The molecule has 0 saturated heterocycles. The molecule has 0 aliphatic carbocycles. The zero-order valence-corrected chi connectivity index (χ0v) is 21.2. The fourth-order valence-electron chi connectivity index (χ4n) is 3.68. The van der Waals surface area contributed by atoms with E-state index < -0.39 is 28.5 Å². The molecule has 1 N–H and O–H groups in total. The first-order chi connectivity index (χ1) is 16.2. The average molecular weight is 490 g/mol. The lowest BCUT2D eigenvalue weighted by Crippen LogP contribution is -2.53. The number of hydrogen-bond acceptors (Lipinski definition) is 5. The van der Waals surface area contributed by atoms with E-state index in [0.717, 1.165) is 16.1 Å². The van der Waals surface area contributed by atoms with Crippen molar-refractivity contribution >= 4 is 27.5 Å². The van der Waals surface area contributed by atoms with Gasteiger partial charge in [-0.2, -0.15) is 0 Å². The number of carbonyl (C=O) groups is 2. The molecule has 2 rings (SSSR count). The van der Waals surface area contributed by atoms with Gasteiger partial charge in [0, 0.05) is 13.1 Å². The van der Waals surface area contributed by atoms with Gasteiger partial charge in [0.05, 0.1) is 18.6 Å². The van der Waals surface area contributed by atoms with Gasteiger partial charge in [-0.3, -0.25) is 13.9 Å². The number of hydrogen-bond donors (Lipinski definition) is 1. The van der Waals surface area contributed by atoms with Crippen molar-refractivity contribution in [3.05, 3.63) is 60.2 Å². The van der Waals surface area contributed by atoms with Gasteiger partial charge in [-0.1, -0.05) is 37.3 Å². The number of benzene rings is 2. The molecule has 2 amide bonds. The van der Waals surface area contributed by atoms with Crippen LogP contribution < -0.4 is 14.4 Å². The third-order valence-corrected chi connectivity index (χ3v) is 6.48. The van der Waals surface area contributed by atoms with Crippen molar-refractivity contribution in [1.29, 1.82) is 0 Å². The van der Waals surface area contributed by atoms with E-state index in [-0.39, 0.29) is 5.91 Å². The molecule has 34 heavy (non-hydrogen) atoms. The molecule has 0 fully saturated rings. The van der Waals surface area contributed by atoms with E-state index in [4.69, 9.17) is 4.74 Å². The van der Waals surface area contributed by atoms with E-state index >= 15 is 0 Å². The maximum Gasteiger partial charge on any atom is 0.244 e. The predicted molar refractivity (Wildman–Crippen MR) is 134 cm³/mol. The molecule has 0 aliphatic heterocycles. The summed E-state index contributed by atoms with van der Waals surface area (Å²) in [7, 11) is -3.76. The molecule has 0 radical (unpaired) electrons. The number of ether oxygens (including phenoxy) is 1. The highest BCUT2D eigenvalue weighted by atomic mass is 32.2. The number of nitrogens with one attached hydrogen (secondary N) is 1. The van der Waals surface area contributed by atoms with Crippen LogP contribution in [0.1, 0.15) is 32.8 Å². The predicted octanol–water partition coefficient (Wildman–Crippen LogP) is 2.84.